The Balaban J connectivity index is 2.14. The molecule has 1 N–H and O–H groups in total. The molecule has 5 heteroatoms. The molecule has 0 saturated heterocycles. The van der Waals surface area contributed by atoms with E-state index in [9.17, 15) is 9.59 Å². The molecule has 0 aliphatic rings. The zero-order chi connectivity index (χ0) is 15.9. The van der Waals surface area contributed by atoms with Crippen LogP contribution in [0, 0.1) is 11.3 Å². The smallest absolute Gasteiger partial charge is 0.316 e. The van der Waals surface area contributed by atoms with Gasteiger partial charge in [0, 0.05) is 17.9 Å². The molecule has 2 aromatic carbocycles. The summed E-state index contributed by atoms with van der Waals surface area (Å²) in [4.78, 5) is 25.8. The van der Waals surface area contributed by atoms with Gasteiger partial charge in [-0.15, -0.1) is 0 Å². The second-order valence-corrected chi connectivity index (χ2v) is 4.53. The monoisotopic (exact) mass is 293 g/mol. The van der Waals surface area contributed by atoms with E-state index in [-0.39, 0.29) is 0 Å². The molecule has 0 heterocycles. The van der Waals surface area contributed by atoms with E-state index in [1.54, 1.807) is 49.4 Å². The number of nitriles is 1. The number of anilines is 2. The average molecular weight is 293 g/mol. The number of carbonyl (C=O) groups excluding carboxylic acids is 2. The van der Waals surface area contributed by atoms with Gasteiger partial charge in [-0.25, -0.2) is 0 Å². The molecule has 0 fully saturated rings. The number of likely N-dealkylation sites (N-methyl/N-ethyl adjacent to an activating group) is 1. The zero-order valence-electron chi connectivity index (χ0n) is 12.1. The van der Waals surface area contributed by atoms with E-state index in [4.69, 9.17) is 5.26 Å². The molecular weight excluding hydrogens is 278 g/mol. The Bertz CT molecular complexity index is 720. The summed E-state index contributed by atoms with van der Waals surface area (Å²) in [6, 6.07) is 17.4. The van der Waals surface area contributed by atoms with E-state index < -0.39 is 11.8 Å². The van der Waals surface area contributed by atoms with E-state index in [1.807, 2.05) is 12.1 Å². The van der Waals surface area contributed by atoms with Gasteiger partial charge in [0.1, 0.15) is 0 Å². The summed E-state index contributed by atoms with van der Waals surface area (Å²) < 4.78 is 0. The number of hydrogen-bond acceptors (Lipinski definition) is 3. The minimum Gasteiger partial charge on any atom is -0.318 e. The summed E-state index contributed by atoms with van der Waals surface area (Å²) in [5.74, 6) is -1.38. The van der Waals surface area contributed by atoms with Crippen LogP contribution in [0.1, 0.15) is 12.5 Å². The van der Waals surface area contributed by atoms with Crippen LogP contribution in [-0.4, -0.2) is 18.4 Å². The Morgan fingerprint density at radius 1 is 1.14 bits per heavy atom. The lowest BCUT2D eigenvalue weighted by Gasteiger charge is -2.20. The van der Waals surface area contributed by atoms with Crippen LogP contribution in [0.3, 0.4) is 0 Å². The molecule has 0 unspecified atom stereocenters. The lowest BCUT2D eigenvalue weighted by atomic mass is 10.2. The van der Waals surface area contributed by atoms with Crippen molar-refractivity contribution in [2.24, 2.45) is 0 Å². The summed E-state index contributed by atoms with van der Waals surface area (Å²) in [6.07, 6.45) is 0. The number of amides is 2. The Kier molecular flexibility index (Phi) is 4.89. The first-order chi connectivity index (χ1) is 10.7. The van der Waals surface area contributed by atoms with Crippen molar-refractivity contribution in [1.82, 2.24) is 0 Å². The lowest BCUT2D eigenvalue weighted by molar-refractivity contribution is -0.134. The fourth-order valence-corrected chi connectivity index (χ4v) is 2.03. The number of hydrogen-bond donors (Lipinski definition) is 1. The van der Waals surface area contributed by atoms with E-state index in [0.717, 1.165) is 0 Å². The van der Waals surface area contributed by atoms with Gasteiger partial charge in [-0.1, -0.05) is 24.3 Å². The van der Waals surface area contributed by atoms with Gasteiger partial charge in [0.15, 0.2) is 0 Å². The SMILES string of the molecule is CCN(C(=O)C(=O)Nc1cccc(C#N)c1)c1ccccc1. The summed E-state index contributed by atoms with van der Waals surface area (Å²) in [7, 11) is 0. The summed E-state index contributed by atoms with van der Waals surface area (Å²) in [5.41, 5.74) is 1.50. The molecule has 2 amide bonds. The van der Waals surface area contributed by atoms with Crippen molar-refractivity contribution in [3.05, 3.63) is 60.2 Å². The number of para-hydroxylation sites is 1. The molecule has 2 aromatic rings. The molecular formula is C17H15N3O2. The summed E-state index contributed by atoms with van der Waals surface area (Å²) in [6.45, 7) is 2.18. The van der Waals surface area contributed by atoms with Gasteiger partial charge < -0.3 is 10.2 Å². The van der Waals surface area contributed by atoms with Crippen molar-refractivity contribution in [3.63, 3.8) is 0 Å². The molecule has 2 rings (SSSR count). The number of carbonyl (C=O) groups is 2. The third-order valence-corrected chi connectivity index (χ3v) is 3.07. The van der Waals surface area contributed by atoms with Crippen molar-refractivity contribution >= 4 is 23.2 Å². The van der Waals surface area contributed by atoms with Crippen molar-refractivity contribution in [1.29, 1.82) is 5.26 Å². The van der Waals surface area contributed by atoms with Gasteiger partial charge in [0.25, 0.3) is 0 Å². The maximum atomic E-state index is 12.3. The van der Waals surface area contributed by atoms with Gasteiger partial charge in [0.2, 0.25) is 0 Å². The quantitative estimate of drug-likeness (QED) is 0.884. The average Bonchev–Trinajstić information content (AvgIpc) is 2.56. The molecule has 22 heavy (non-hydrogen) atoms. The molecule has 0 atom stereocenters. The number of rotatable bonds is 3. The third kappa shape index (κ3) is 3.49. The fourth-order valence-electron chi connectivity index (χ4n) is 2.03. The zero-order valence-corrected chi connectivity index (χ0v) is 12.1. The van der Waals surface area contributed by atoms with Crippen molar-refractivity contribution in [2.75, 3.05) is 16.8 Å². The maximum absolute atomic E-state index is 12.3. The van der Waals surface area contributed by atoms with Gasteiger partial charge in [-0.2, -0.15) is 5.26 Å². The highest BCUT2D eigenvalue weighted by Crippen LogP contribution is 2.14. The van der Waals surface area contributed by atoms with Gasteiger partial charge in [-0.3, -0.25) is 9.59 Å². The second-order valence-electron chi connectivity index (χ2n) is 4.53. The lowest BCUT2D eigenvalue weighted by Crippen LogP contribution is -2.39. The van der Waals surface area contributed by atoms with Crippen LogP contribution in [0.4, 0.5) is 11.4 Å². The minimum atomic E-state index is -0.735. The Labute approximate surface area is 128 Å². The molecule has 0 aromatic heterocycles. The van der Waals surface area contributed by atoms with Crippen LogP contribution in [0.5, 0.6) is 0 Å². The highest BCUT2D eigenvalue weighted by atomic mass is 16.2. The van der Waals surface area contributed by atoms with Crippen molar-refractivity contribution in [3.8, 4) is 6.07 Å². The van der Waals surface area contributed by atoms with Crippen molar-refractivity contribution in [2.45, 2.75) is 6.92 Å². The standard InChI is InChI=1S/C17H15N3O2/c1-2-20(15-9-4-3-5-10-15)17(22)16(21)19-14-8-6-7-13(11-14)12-18/h3-11H,2H2,1H3,(H,19,21). The second kappa shape index (κ2) is 7.04. The first kappa shape index (κ1) is 15.3. The van der Waals surface area contributed by atoms with Crippen LogP contribution in [0.15, 0.2) is 54.6 Å². The van der Waals surface area contributed by atoms with E-state index in [2.05, 4.69) is 5.32 Å². The predicted molar refractivity (Wildman–Crippen MR) is 84.3 cm³/mol. The summed E-state index contributed by atoms with van der Waals surface area (Å²) in [5, 5.41) is 11.4. The Hall–Kier alpha value is -3.13. The van der Waals surface area contributed by atoms with Crippen LogP contribution >= 0.6 is 0 Å². The third-order valence-electron chi connectivity index (χ3n) is 3.07. The molecule has 0 radical (unpaired) electrons. The largest absolute Gasteiger partial charge is 0.318 e. The first-order valence-corrected chi connectivity index (χ1v) is 6.83. The highest BCUT2D eigenvalue weighted by molar-refractivity contribution is 6.44. The number of nitrogens with one attached hydrogen (secondary N) is 1. The molecule has 5 nitrogen and oxygen atoms in total. The van der Waals surface area contributed by atoms with Crippen LogP contribution < -0.4 is 10.2 Å². The van der Waals surface area contributed by atoms with Gasteiger partial charge >= 0.3 is 11.8 Å². The fraction of sp³-hybridized carbons (Fsp3) is 0.118. The normalized spacial score (nSPS) is 9.64. The summed E-state index contributed by atoms with van der Waals surface area (Å²) >= 11 is 0. The van der Waals surface area contributed by atoms with Crippen LogP contribution in [0.25, 0.3) is 0 Å². The topological polar surface area (TPSA) is 73.2 Å². The van der Waals surface area contributed by atoms with E-state index >= 15 is 0 Å². The molecule has 0 bridgehead atoms. The molecule has 0 spiro atoms. The number of nitrogens with zero attached hydrogens (tertiary/aromatic N) is 2. The van der Waals surface area contributed by atoms with Crippen LogP contribution in [0.2, 0.25) is 0 Å². The molecule has 110 valence electrons. The first-order valence-electron chi connectivity index (χ1n) is 6.83. The Morgan fingerprint density at radius 3 is 2.50 bits per heavy atom. The minimum absolute atomic E-state index is 0.383. The predicted octanol–water partition coefficient (Wildman–Crippen LogP) is 2.55. The molecule has 0 aliphatic heterocycles. The molecule has 0 saturated carbocycles. The van der Waals surface area contributed by atoms with Gasteiger partial charge in [-0.05, 0) is 37.3 Å². The van der Waals surface area contributed by atoms with E-state index in [0.29, 0.717) is 23.5 Å². The Morgan fingerprint density at radius 2 is 1.86 bits per heavy atom. The van der Waals surface area contributed by atoms with Crippen LogP contribution in [-0.2, 0) is 9.59 Å². The van der Waals surface area contributed by atoms with Crippen molar-refractivity contribution < 1.29 is 9.59 Å². The molecule has 0 aliphatic carbocycles. The van der Waals surface area contributed by atoms with Gasteiger partial charge in [0.05, 0.1) is 11.6 Å². The van der Waals surface area contributed by atoms with E-state index in [1.165, 1.54) is 11.0 Å². The maximum Gasteiger partial charge on any atom is 0.316 e. The number of benzene rings is 2. The highest BCUT2D eigenvalue weighted by Gasteiger charge is 2.22.